The smallest absolute Gasteiger partial charge is 0.398 e. The predicted molar refractivity (Wildman–Crippen MR) is 136 cm³/mol. The van der Waals surface area contributed by atoms with Crippen molar-refractivity contribution in [2.45, 2.75) is 50.9 Å². The van der Waals surface area contributed by atoms with Gasteiger partial charge in [0, 0.05) is 54.3 Å². The van der Waals surface area contributed by atoms with E-state index in [9.17, 15) is 18.0 Å². The molecule has 2 aliphatic rings. The van der Waals surface area contributed by atoms with Gasteiger partial charge in [-0.25, -0.2) is 0 Å². The van der Waals surface area contributed by atoms with Gasteiger partial charge in [0.05, 0.1) is 11.7 Å². The van der Waals surface area contributed by atoms with E-state index < -0.39 is 11.7 Å². The number of amides is 1. The van der Waals surface area contributed by atoms with Crippen LogP contribution in [-0.4, -0.2) is 55.7 Å². The number of benzene rings is 2. The summed E-state index contributed by atoms with van der Waals surface area (Å²) in [4.78, 5) is 16.8. The molecule has 6 nitrogen and oxygen atoms in total. The Morgan fingerprint density at radius 3 is 2.42 bits per heavy atom. The van der Waals surface area contributed by atoms with Crippen LogP contribution < -0.4 is 16.0 Å². The molecule has 0 bridgehead atoms. The molecule has 0 atom stereocenters. The molecule has 0 unspecified atom stereocenters. The van der Waals surface area contributed by atoms with E-state index in [1.165, 1.54) is 6.07 Å². The maximum absolute atomic E-state index is 13.1. The first-order valence-electron chi connectivity index (χ1n) is 12.2. The van der Waals surface area contributed by atoms with Crippen LogP contribution in [0.1, 0.15) is 36.8 Å². The second-order valence-electron chi connectivity index (χ2n) is 9.53. The van der Waals surface area contributed by atoms with E-state index in [0.717, 1.165) is 61.1 Å². The Kier molecular flexibility index (Phi) is 8.20. The number of carbonyl (C=O) groups excluding carboxylic acids is 1. The lowest BCUT2D eigenvalue weighted by Crippen LogP contribution is -2.50. The van der Waals surface area contributed by atoms with Gasteiger partial charge >= 0.3 is 6.18 Å². The van der Waals surface area contributed by atoms with Crippen LogP contribution in [0.4, 0.5) is 30.2 Å². The topological polar surface area (TPSA) is 70.8 Å². The summed E-state index contributed by atoms with van der Waals surface area (Å²) in [7, 11) is 0. The Morgan fingerprint density at radius 2 is 1.78 bits per heavy atom. The number of halogens is 4. The van der Waals surface area contributed by atoms with Crippen molar-refractivity contribution in [3.05, 3.63) is 52.5 Å². The number of nitrogens with one attached hydrogen (secondary N) is 1. The standard InChI is InChI=1S/C26H32ClF3N4O2/c1-17-14-20(5-8-23(17)27)33-10-12-34(13-11-33)25(35)16-36-21-6-2-18(3-7-21)32-19-4-9-24(31)22(15-19)26(28,29)30/h4-5,8-9,14-15,18,21,32H,2-3,6-7,10-13,16,31H2,1H3. The number of hydrogen-bond donors (Lipinski definition) is 2. The van der Waals surface area contributed by atoms with Crippen molar-refractivity contribution in [1.82, 2.24) is 4.90 Å². The lowest BCUT2D eigenvalue weighted by molar-refractivity contribution is -0.139. The van der Waals surface area contributed by atoms with Crippen molar-refractivity contribution in [3.63, 3.8) is 0 Å². The Labute approximate surface area is 214 Å². The molecule has 1 amide bonds. The number of anilines is 3. The molecule has 1 saturated carbocycles. The zero-order chi connectivity index (χ0) is 25.9. The van der Waals surface area contributed by atoms with E-state index in [1.54, 1.807) is 6.07 Å². The third-order valence-electron chi connectivity index (χ3n) is 6.99. The number of nitrogens with zero attached hydrogens (tertiary/aromatic N) is 2. The van der Waals surface area contributed by atoms with Gasteiger partial charge in [-0.1, -0.05) is 11.6 Å². The first-order valence-corrected chi connectivity index (χ1v) is 12.6. The van der Waals surface area contributed by atoms with Crippen LogP contribution in [0.15, 0.2) is 36.4 Å². The normalized spacial score (nSPS) is 20.9. The monoisotopic (exact) mass is 524 g/mol. The summed E-state index contributed by atoms with van der Waals surface area (Å²) in [5.41, 5.74) is 6.92. The number of alkyl halides is 3. The minimum atomic E-state index is -4.48. The molecule has 1 saturated heterocycles. The van der Waals surface area contributed by atoms with Crippen LogP contribution in [0.3, 0.4) is 0 Å². The van der Waals surface area contributed by atoms with Crippen molar-refractivity contribution in [2.75, 3.05) is 48.7 Å². The van der Waals surface area contributed by atoms with Crippen molar-refractivity contribution in [3.8, 4) is 0 Å². The van der Waals surface area contributed by atoms with Gasteiger partial charge in [0.15, 0.2) is 0 Å². The van der Waals surface area contributed by atoms with Crippen LogP contribution in [0.2, 0.25) is 5.02 Å². The molecule has 1 heterocycles. The zero-order valence-corrected chi connectivity index (χ0v) is 21.0. The summed E-state index contributed by atoms with van der Waals surface area (Å²) in [6, 6.07) is 9.93. The molecule has 196 valence electrons. The van der Waals surface area contributed by atoms with Gasteiger partial charge in [-0.15, -0.1) is 0 Å². The Bertz CT molecular complexity index is 1070. The third kappa shape index (κ3) is 6.56. The lowest BCUT2D eigenvalue weighted by Gasteiger charge is -2.36. The second kappa shape index (κ2) is 11.2. The van der Waals surface area contributed by atoms with Gasteiger partial charge in [-0.05, 0) is 74.6 Å². The number of hydrogen-bond acceptors (Lipinski definition) is 5. The highest BCUT2D eigenvalue weighted by molar-refractivity contribution is 6.31. The molecule has 2 aromatic rings. The number of rotatable bonds is 6. The molecule has 36 heavy (non-hydrogen) atoms. The van der Waals surface area contributed by atoms with Crippen molar-refractivity contribution in [1.29, 1.82) is 0 Å². The maximum Gasteiger partial charge on any atom is 0.418 e. The number of piperazine rings is 1. The van der Waals surface area contributed by atoms with Gasteiger partial charge in [0.1, 0.15) is 6.61 Å². The summed E-state index contributed by atoms with van der Waals surface area (Å²) in [6.07, 6.45) is -1.51. The Hall–Kier alpha value is -2.65. The van der Waals surface area contributed by atoms with Gasteiger partial charge in [0.25, 0.3) is 0 Å². The van der Waals surface area contributed by atoms with Gasteiger partial charge in [-0.3, -0.25) is 4.79 Å². The summed E-state index contributed by atoms with van der Waals surface area (Å²) >= 11 is 6.12. The summed E-state index contributed by atoms with van der Waals surface area (Å²) in [5.74, 6) is -0.0104. The second-order valence-corrected chi connectivity index (χ2v) is 9.94. The minimum Gasteiger partial charge on any atom is -0.398 e. The van der Waals surface area contributed by atoms with E-state index in [2.05, 4.69) is 16.3 Å². The fraction of sp³-hybridized carbons (Fsp3) is 0.500. The van der Waals surface area contributed by atoms with Crippen LogP contribution in [-0.2, 0) is 15.7 Å². The molecular weight excluding hydrogens is 493 g/mol. The SMILES string of the molecule is Cc1cc(N2CCN(C(=O)COC3CCC(Nc4ccc(N)c(C(F)(F)F)c4)CC3)CC2)ccc1Cl. The van der Waals surface area contributed by atoms with Crippen molar-refractivity contribution >= 4 is 34.6 Å². The van der Waals surface area contributed by atoms with E-state index in [1.807, 2.05) is 24.0 Å². The molecule has 4 rings (SSSR count). The highest BCUT2D eigenvalue weighted by atomic mass is 35.5. The molecule has 0 radical (unpaired) electrons. The molecule has 2 aromatic carbocycles. The van der Waals surface area contributed by atoms with Crippen LogP contribution in [0.25, 0.3) is 0 Å². The molecule has 2 fully saturated rings. The van der Waals surface area contributed by atoms with Gasteiger partial charge in [-0.2, -0.15) is 13.2 Å². The third-order valence-corrected chi connectivity index (χ3v) is 7.41. The maximum atomic E-state index is 13.1. The summed E-state index contributed by atoms with van der Waals surface area (Å²) in [5, 5.41) is 3.93. The number of nitrogen functional groups attached to an aromatic ring is 1. The van der Waals surface area contributed by atoms with E-state index in [4.69, 9.17) is 22.1 Å². The van der Waals surface area contributed by atoms with Gasteiger partial charge < -0.3 is 25.6 Å². The predicted octanol–water partition coefficient (Wildman–Crippen LogP) is 5.34. The number of aryl methyl sites for hydroxylation is 1. The fourth-order valence-electron chi connectivity index (χ4n) is 4.82. The first-order chi connectivity index (χ1) is 17.1. The van der Waals surface area contributed by atoms with Crippen LogP contribution in [0, 0.1) is 6.92 Å². The van der Waals surface area contributed by atoms with Gasteiger partial charge in [0.2, 0.25) is 5.91 Å². The van der Waals surface area contributed by atoms with Crippen LogP contribution >= 0.6 is 11.6 Å². The lowest BCUT2D eigenvalue weighted by atomic mass is 9.92. The van der Waals surface area contributed by atoms with Crippen LogP contribution in [0.5, 0.6) is 0 Å². The fourth-order valence-corrected chi connectivity index (χ4v) is 4.94. The molecule has 1 aliphatic carbocycles. The minimum absolute atomic E-state index is 0.0104. The highest BCUT2D eigenvalue weighted by Gasteiger charge is 2.33. The number of nitrogens with two attached hydrogens (primary N) is 1. The highest BCUT2D eigenvalue weighted by Crippen LogP contribution is 2.36. The quantitative estimate of drug-likeness (QED) is 0.499. The first kappa shape index (κ1) is 26.4. The largest absolute Gasteiger partial charge is 0.418 e. The zero-order valence-electron chi connectivity index (χ0n) is 20.3. The molecule has 3 N–H and O–H groups in total. The summed E-state index contributed by atoms with van der Waals surface area (Å²) < 4.78 is 45.2. The summed E-state index contributed by atoms with van der Waals surface area (Å²) in [6.45, 7) is 4.82. The average molecular weight is 525 g/mol. The van der Waals surface area contributed by atoms with E-state index in [0.29, 0.717) is 18.8 Å². The molecule has 0 aromatic heterocycles. The number of ether oxygens (including phenoxy) is 1. The Balaban J connectivity index is 1.18. The van der Waals surface area contributed by atoms with E-state index >= 15 is 0 Å². The van der Waals surface area contributed by atoms with Crippen molar-refractivity contribution < 1.29 is 22.7 Å². The molecular formula is C26H32ClF3N4O2. The molecule has 10 heteroatoms. The van der Waals surface area contributed by atoms with Crippen molar-refractivity contribution in [2.24, 2.45) is 0 Å². The number of carbonyl (C=O) groups is 1. The molecule has 0 spiro atoms. The molecule has 1 aliphatic heterocycles. The van der Waals surface area contributed by atoms with E-state index in [-0.39, 0.29) is 30.3 Å². The average Bonchev–Trinajstić information content (AvgIpc) is 2.85. The Morgan fingerprint density at radius 1 is 1.08 bits per heavy atom.